The molecule has 0 radical (unpaired) electrons. The number of hydrogen-bond donors (Lipinski definition) is 2. The van der Waals surface area contributed by atoms with Crippen LogP contribution in [-0.2, 0) is 0 Å². The minimum Gasteiger partial charge on any atom is -0.384 e. The summed E-state index contributed by atoms with van der Waals surface area (Å²) < 4.78 is 35.4. The highest BCUT2D eigenvalue weighted by Crippen LogP contribution is 2.14. The molecule has 1 aromatic heterocycles. The van der Waals surface area contributed by atoms with E-state index in [1.807, 2.05) is 0 Å². The zero-order valence-electron chi connectivity index (χ0n) is 7.81. The van der Waals surface area contributed by atoms with Crippen molar-refractivity contribution < 1.29 is 18.0 Å². The number of alkyl halides is 3. The van der Waals surface area contributed by atoms with Crippen molar-refractivity contribution >= 4 is 23.3 Å². The summed E-state index contributed by atoms with van der Waals surface area (Å²) in [5, 5.41) is 1.63. The van der Waals surface area contributed by atoms with Gasteiger partial charge in [-0.1, -0.05) is 11.6 Å². The predicted molar refractivity (Wildman–Crippen MR) is 52.0 cm³/mol. The third-order valence-electron chi connectivity index (χ3n) is 1.53. The van der Waals surface area contributed by atoms with Crippen molar-refractivity contribution in [3.63, 3.8) is 0 Å². The van der Waals surface area contributed by atoms with E-state index < -0.39 is 18.6 Å². The molecule has 0 bridgehead atoms. The molecule has 0 aliphatic heterocycles. The molecule has 8 heteroatoms. The number of nitrogen functional groups attached to an aromatic ring is 1. The quantitative estimate of drug-likeness (QED) is 0.787. The van der Waals surface area contributed by atoms with Gasteiger partial charge in [-0.25, -0.2) is 4.98 Å². The van der Waals surface area contributed by atoms with Gasteiger partial charge >= 0.3 is 6.18 Å². The number of aromatic nitrogens is 1. The minimum atomic E-state index is -4.46. The van der Waals surface area contributed by atoms with Crippen LogP contribution in [-0.4, -0.2) is 23.6 Å². The highest BCUT2D eigenvalue weighted by molar-refractivity contribution is 6.29. The molecule has 0 aliphatic carbocycles. The monoisotopic (exact) mass is 253 g/mol. The lowest BCUT2D eigenvalue weighted by Crippen LogP contribution is -2.33. The Balaban J connectivity index is 2.73. The Kier molecular flexibility index (Phi) is 3.58. The first-order valence-electron chi connectivity index (χ1n) is 4.06. The molecular formula is C8H7ClF3N3O. The van der Waals surface area contributed by atoms with E-state index in [0.717, 1.165) is 12.1 Å². The molecule has 0 unspecified atom stereocenters. The maximum atomic E-state index is 11.8. The van der Waals surface area contributed by atoms with E-state index in [4.69, 9.17) is 17.3 Å². The molecule has 3 N–H and O–H groups in total. The number of anilines is 1. The number of carbonyl (C=O) groups excluding carboxylic acids is 1. The van der Waals surface area contributed by atoms with Crippen molar-refractivity contribution in [2.24, 2.45) is 0 Å². The Morgan fingerprint density at radius 2 is 2.12 bits per heavy atom. The Morgan fingerprint density at radius 3 is 2.62 bits per heavy atom. The molecule has 0 atom stereocenters. The molecule has 0 fully saturated rings. The van der Waals surface area contributed by atoms with E-state index >= 15 is 0 Å². The molecule has 1 aromatic rings. The number of hydrogen-bond acceptors (Lipinski definition) is 3. The summed E-state index contributed by atoms with van der Waals surface area (Å²) in [5.41, 5.74) is 5.21. The third kappa shape index (κ3) is 3.93. The fraction of sp³-hybridized carbons (Fsp3) is 0.250. The Hall–Kier alpha value is -1.50. The number of carbonyl (C=O) groups is 1. The van der Waals surface area contributed by atoms with Gasteiger partial charge in [-0.15, -0.1) is 0 Å². The lowest BCUT2D eigenvalue weighted by molar-refractivity contribution is -0.123. The van der Waals surface area contributed by atoms with Crippen LogP contribution < -0.4 is 11.1 Å². The second-order valence-electron chi connectivity index (χ2n) is 2.90. The van der Waals surface area contributed by atoms with Crippen molar-refractivity contribution in [2.45, 2.75) is 6.18 Å². The maximum Gasteiger partial charge on any atom is 0.405 e. The predicted octanol–water partition coefficient (Wildman–Crippen LogP) is 1.61. The van der Waals surface area contributed by atoms with Gasteiger partial charge in [-0.2, -0.15) is 13.2 Å². The minimum absolute atomic E-state index is 0.0374. The summed E-state index contributed by atoms with van der Waals surface area (Å²) >= 11 is 5.49. The smallest absolute Gasteiger partial charge is 0.384 e. The standard InChI is InChI=1S/C8H7ClF3N3O/c9-5-1-4(2-6(13)15-5)7(16)14-3-8(10,11)12/h1-2H,3H2,(H2,13,15)(H,14,16). The summed E-state index contributed by atoms with van der Waals surface area (Å²) in [5.74, 6) is -0.946. The van der Waals surface area contributed by atoms with Crippen LogP contribution in [0.15, 0.2) is 12.1 Å². The van der Waals surface area contributed by atoms with Crippen molar-refractivity contribution in [2.75, 3.05) is 12.3 Å². The van der Waals surface area contributed by atoms with E-state index in [2.05, 4.69) is 4.98 Å². The number of halogens is 4. The number of nitrogens with one attached hydrogen (secondary N) is 1. The normalized spacial score (nSPS) is 11.2. The van der Waals surface area contributed by atoms with Gasteiger partial charge in [-0.3, -0.25) is 4.79 Å². The van der Waals surface area contributed by atoms with Crippen LogP contribution in [0.25, 0.3) is 0 Å². The van der Waals surface area contributed by atoms with Gasteiger partial charge < -0.3 is 11.1 Å². The van der Waals surface area contributed by atoms with Gasteiger partial charge in [0.25, 0.3) is 5.91 Å². The first-order valence-corrected chi connectivity index (χ1v) is 4.44. The number of nitrogens with zero attached hydrogens (tertiary/aromatic N) is 1. The van der Waals surface area contributed by atoms with Gasteiger partial charge in [0.15, 0.2) is 0 Å². The van der Waals surface area contributed by atoms with Crippen molar-refractivity contribution in [1.82, 2.24) is 10.3 Å². The zero-order valence-corrected chi connectivity index (χ0v) is 8.56. The van der Waals surface area contributed by atoms with Crippen LogP contribution in [0, 0.1) is 0 Å². The fourth-order valence-corrected chi connectivity index (χ4v) is 1.15. The Morgan fingerprint density at radius 1 is 1.50 bits per heavy atom. The first-order chi connectivity index (χ1) is 7.28. The average Bonchev–Trinajstić information content (AvgIpc) is 2.11. The second-order valence-corrected chi connectivity index (χ2v) is 3.29. The van der Waals surface area contributed by atoms with E-state index in [0.29, 0.717) is 0 Å². The molecule has 0 saturated carbocycles. The number of amides is 1. The van der Waals surface area contributed by atoms with Crippen LogP contribution in [0.1, 0.15) is 10.4 Å². The highest BCUT2D eigenvalue weighted by atomic mass is 35.5. The van der Waals surface area contributed by atoms with Gasteiger partial charge in [0.2, 0.25) is 0 Å². The number of nitrogens with two attached hydrogens (primary N) is 1. The molecule has 0 spiro atoms. The van der Waals surface area contributed by atoms with Crippen LogP contribution in [0.2, 0.25) is 5.15 Å². The van der Waals surface area contributed by atoms with E-state index in [9.17, 15) is 18.0 Å². The van der Waals surface area contributed by atoms with Crippen molar-refractivity contribution in [1.29, 1.82) is 0 Å². The largest absolute Gasteiger partial charge is 0.405 e. The third-order valence-corrected chi connectivity index (χ3v) is 1.72. The average molecular weight is 254 g/mol. The van der Waals surface area contributed by atoms with Crippen LogP contribution >= 0.6 is 11.6 Å². The molecule has 16 heavy (non-hydrogen) atoms. The molecule has 0 aromatic carbocycles. The second kappa shape index (κ2) is 4.56. The summed E-state index contributed by atoms with van der Waals surface area (Å²) in [7, 11) is 0. The van der Waals surface area contributed by atoms with Gasteiger partial charge in [0.05, 0.1) is 0 Å². The molecule has 1 amide bonds. The molecule has 88 valence electrons. The Bertz CT molecular complexity index is 388. The summed E-state index contributed by atoms with van der Waals surface area (Å²) in [6, 6.07) is 2.27. The zero-order chi connectivity index (χ0) is 12.3. The Labute approximate surface area is 93.6 Å². The van der Waals surface area contributed by atoms with E-state index in [-0.39, 0.29) is 16.5 Å². The summed E-state index contributed by atoms with van der Waals surface area (Å²) in [6.45, 7) is -1.41. The lowest BCUT2D eigenvalue weighted by Gasteiger charge is -2.08. The van der Waals surface area contributed by atoms with Crippen molar-refractivity contribution in [3.05, 3.63) is 22.8 Å². The summed E-state index contributed by atoms with van der Waals surface area (Å²) in [6.07, 6.45) is -4.46. The van der Waals surface area contributed by atoms with Crippen LogP contribution in [0.5, 0.6) is 0 Å². The molecule has 4 nitrogen and oxygen atoms in total. The van der Waals surface area contributed by atoms with E-state index in [1.54, 1.807) is 5.32 Å². The number of pyridine rings is 1. The van der Waals surface area contributed by atoms with Crippen molar-refractivity contribution in [3.8, 4) is 0 Å². The molecule has 1 heterocycles. The lowest BCUT2D eigenvalue weighted by atomic mass is 10.2. The number of rotatable bonds is 2. The fourth-order valence-electron chi connectivity index (χ4n) is 0.931. The topological polar surface area (TPSA) is 68.0 Å². The molecular weight excluding hydrogens is 247 g/mol. The SMILES string of the molecule is Nc1cc(C(=O)NCC(F)(F)F)cc(Cl)n1. The van der Waals surface area contributed by atoms with E-state index in [1.165, 1.54) is 0 Å². The molecule has 1 rings (SSSR count). The van der Waals surface area contributed by atoms with Crippen LogP contribution in [0.4, 0.5) is 19.0 Å². The maximum absolute atomic E-state index is 11.8. The van der Waals surface area contributed by atoms with Gasteiger partial charge in [0.1, 0.15) is 17.5 Å². The van der Waals surface area contributed by atoms with Gasteiger partial charge in [0, 0.05) is 5.56 Å². The first kappa shape index (κ1) is 12.6. The summed E-state index contributed by atoms with van der Waals surface area (Å²) in [4.78, 5) is 14.8. The highest BCUT2D eigenvalue weighted by Gasteiger charge is 2.27. The van der Waals surface area contributed by atoms with Gasteiger partial charge in [-0.05, 0) is 12.1 Å². The molecule has 0 aliphatic rings. The van der Waals surface area contributed by atoms with Crippen LogP contribution in [0.3, 0.4) is 0 Å². The molecule has 0 saturated heterocycles.